The number of carbonyl (C=O) groups excluding carboxylic acids is 2. The Balaban J connectivity index is 1.35. The minimum absolute atomic E-state index is 0.0466. The van der Waals surface area contributed by atoms with Gasteiger partial charge in [0.15, 0.2) is 0 Å². The minimum Gasteiger partial charge on any atom is -0.477 e. The van der Waals surface area contributed by atoms with E-state index in [9.17, 15) is 23.9 Å². The van der Waals surface area contributed by atoms with Gasteiger partial charge in [-0.05, 0) is 74.1 Å². The van der Waals surface area contributed by atoms with E-state index < -0.39 is 24.7 Å². The molecule has 2 aromatic rings. The molecule has 3 atom stereocenters. The molecular weight excluding hydrogens is 499 g/mol. The van der Waals surface area contributed by atoms with Crippen molar-refractivity contribution in [2.24, 2.45) is 36.5 Å². The van der Waals surface area contributed by atoms with Gasteiger partial charge in [0, 0.05) is 42.1 Å². The van der Waals surface area contributed by atoms with Crippen molar-refractivity contribution < 1.29 is 23.9 Å². The van der Waals surface area contributed by atoms with Gasteiger partial charge in [-0.3, -0.25) is 9.59 Å². The number of aromatic carboxylic acids is 1. The predicted molar refractivity (Wildman–Crippen MR) is 148 cm³/mol. The monoisotopic (exact) mass is 540 g/mol. The second-order valence-electron chi connectivity index (χ2n) is 11.9. The topological polar surface area (TPSA) is 118 Å². The maximum absolute atomic E-state index is 13.9. The predicted octanol–water partition coefficient (Wildman–Crippen LogP) is 4.72. The second-order valence-corrected chi connectivity index (χ2v) is 11.9. The minimum atomic E-state index is -1.00. The van der Waals surface area contributed by atoms with Crippen molar-refractivity contribution >= 4 is 34.4 Å². The number of carboxylic acid groups (broad SMARTS) is 1. The molecule has 39 heavy (non-hydrogen) atoms. The first-order valence-electron chi connectivity index (χ1n) is 14.5. The van der Waals surface area contributed by atoms with Crippen molar-refractivity contribution in [2.75, 3.05) is 18.5 Å². The molecule has 3 aliphatic rings. The molecule has 3 fully saturated rings. The third-order valence-corrected chi connectivity index (χ3v) is 9.69. The number of nitrogens with two attached hydrogens (primary N) is 1. The number of likely N-dealkylation sites (tertiary alicyclic amines) is 1. The first-order valence-corrected chi connectivity index (χ1v) is 14.5. The van der Waals surface area contributed by atoms with Crippen LogP contribution in [0.1, 0.15) is 74.7 Å². The molecule has 9 heteroatoms. The summed E-state index contributed by atoms with van der Waals surface area (Å²) in [4.78, 5) is 41.1. The molecule has 2 aliphatic carbocycles. The highest BCUT2D eigenvalue weighted by Crippen LogP contribution is 2.41. The van der Waals surface area contributed by atoms with Gasteiger partial charge in [0.1, 0.15) is 18.4 Å². The summed E-state index contributed by atoms with van der Waals surface area (Å²) in [6.07, 6.45) is 9.44. The van der Waals surface area contributed by atoms with Crippen molar-refractivity contribution in [1.29, 1.82) is 0 Å². The highest BCUT2D eigenvalue weighted by molar-refractivity contribution is 6.01. The van der Waals surface area contributed by atoms with Gasteiger partial charge in [-0.2, -0.15) is 0 Å². The van der Waals surface area contributed by atoms with Gasteiger partial charge >= 0.3 is 5.97 Å². The van der Waals surface area contributed by atoms with Crippen LogP contribution in [0.5, 0.6) is 0 Å². The summed E-state index contributed by atoms with van der Waals surface area (Å²) in [5.74, 6) is -0.603. The molecule has 2 heterocycles. The van der Waals surface area contributed by atoms with Crippen molar-refractivity contribution in [2.45, 2.75) is 76.3 Å². The van der Waals surface area contributed by atoms with Gasteiger partial charge in [-0.25, -0.2) is 9.18 Å². The van der Waals surface area contributed by atoms with Crippen molar-refractivity contribution in [3.05, 3.63) is 30.0 Å². The number of carbonyl (C=O) groups is 3. The first kappa shape index (κ1) is 27.6. The Bertz CT molecular complexity index is 1220. The summed E-state index contributed by atoms with van der Waals surface area (Å²) in [6, 6.07) is 6.02. The van der Waals surface area contributed by atoms with Crippen LogP contribution in [0, 0.1) is 23.7 Å². The van der Waals surface area contributed by atoms with Crippen LogP contribution < -0.4 is 11.1 Å². The number of benzene rings is 1. The van der Waals surface area contributed by atoms with Gasteiger partial charge < -0.3 is 25.6 Å². The Morgan fingerprint density at radius 1 is 1.05 bits per heavy atom. The van der Waals surface area contributed by atoms with Gasteiger partial charge in [0.25, 0.3) is 0 Å². The average molecular weight is 541 g/mol. The number of carboxylic acids is 1. The number of nitrogens with one attached hydrogen (secondary N) is 1. The Labute approximate surface area is 229 Å². The quantitative estimate of drug-likeness (QED) is 0.470. The molecular formula is C30H41FN4O4. The fourth-order valence-corrected chi connectivity index (χ4v) is 7.46. The molecule has 1 saturated heterocycles. The largest absolute Gasteiger partial charge is 0.477 e. The van der Waals surface area contributed by atoms with Gasteiger partial charge in [-0.15, -0.1) is 0 Å². The van der Waals surface area contributed by atoms with Crippen molar-refractivity contribution in [3.8, 4) is 0 Å². The molecule has 1 unspecified atom stereocenters. The van der Waals surface area contributed by atoms with Crippen LogP contribution in [0.25, 0.3) is 10.9 Å². The summed E-state index contributed by atoms with van der Waals surface area (Å²) < 4.78 is 14.7. The van der Waals surface area contributed by atoms with E-state index in [1.54, 1.807) is 29.8 Å². The SMILES string of the molecule is Cn1c(C(=O)O)cc2cc(NC(=O)[C@@H]3[C@H](C4CCCCC4)CCN3C(=O)[C@H]3CC[C@H](C(N)CF)CC3)ccc21. The third kappa shape index (κ3) is 5.55. The maximum Gasteiger partial charge on any atom is 0.352 e. The number of alkyl halides is 1. The number of hydrogen-bond donors (Lipinski definition) is 3. The van der Waals surface area contributed by atoms with Crippen molar-refractivity contribution in [3.63, 3.8) is 0 Å². The summed E-state index contributed by atoms with van der Waals surface area (Å²) in [7, 11) is 1.71. The molecule has 2 amide bonds. The van der Waals surface area contributed by atoms with Crippen LogP contribution in [-0.4, -0.2) is 57.7 Å². The maximum atomic E-state index is 13.9. The Hall–Kier alpha value is -2.94. The molecule has 212 valence electrons. The Kier molecular flexibility index (Phi) is 8.26. The molecule has 2 saturated carbocycles. The van der Waals surface area contributed by atoms with Crippen molar-refractivity contribution in [1.82, 2.24) is 9.47 Å². The van der Waals surface area contributed by atoms with Gasteiger partial charge in [0.05, 0.1) is 0 Å². The summed E-state index contributed by atoms with van der Waals surface area (Å²) >= 11 is 0. The fraction of sp³-hybridized carbons (Fsp3) is 0.633. The van der Waals surface area contributed by atoms with E-state index in [4.69, 9.17) is 5.73 Å². The zero-order valence-corrected chi connectivity index (χ0v) is 22.8. The van der Waals surface area contributed by atoms with Crippen LogP contribution >= 0.6 is 0 Å². The van der Waals surface area contributed by atoms with Crippen LogP contribution in [0.3, 0.4) is 0 Å². The molecule has 0 spiro atoms. The smallest absolute Gasteiger partial charge is 0.352 e. The van der Waals surface area contributed by atoms with E-state index in [0.717, 1.165) is 43.0 Å². The van der Waals surface area contributed by atoms with E-state index in [1.165, 1.54) is 19.3 Å². The lowest BCUT2D eigenvalue weighted by Crippen LogP contribution is -2.50. The summed E-state index contributed by atoms with van der Waals surface area (Å²) in [5.41, 5.74) is 7.48. The number of anilines is 1. The molecule has 8 nitrogen and oxygen atoms in total. The van der Waals surface area contributed by atoms with Crippen LogP contribution in [0.4, 0.5) is 10.1 Å². The van der Waals surface area contributed by atoms with E-state index in [2.05, 4.69) is 5.32 Å². The number of aryl methyl sites for hydroxylation is 1. The number of fused-ring (bicyclic) bond motifs is 1. The highest BCUT2D eigenvalue weighted by atomic mass is 19.1. The standard InChI is InChI=1S/C30H41FN4O4/c1-34-25-12-11-22(15-21(25)16-26(34)30(38)39)33-28(36)27-23(18-5-3-2-4-6-18)13-14-35(27)29(37)20-9-7-19(8-10-20)24(32)17-31/h11-12,15-16,18-20,23-24,27H,2-10,13-14,17,32H2,1H3,(H,33,36)(H,38,39)/t19-,20-,23-,24?,27-/m0/s1. The number of nitrogens with zero attached hydrogens (tertiary/aromatic N) is 2. The molecule has 0 radical (unpaired) electrons. The van der Waals surface area contributed by atoms with E-state index in [0.29, 0.717) is 31.0 Å². The van der Waals surface area contributed by atoms with E-state index >= 15 is 0 Å². The molecule has 1 aromatic heterocycles. The van der Waals surface area contributed by atoms with E-state index in [-0.39, 0.29) is 35.3 Å². The van der Waals surface area contributed by atoms with Gasteiger partial charge in [-0.1, -0.05) is 32.1 Å². The molecule has 0 bridgehead atoms. The average Bonchev–Trinajstić information content (AvgIpc) is 3.54. The zero-order valence-electron chi connectivity index (χ0n) is 22.8. The lowest BCUT2D eigenvalue weighted by Gasteiger charge is -2.36. The van der Waals surface area contributed by atoms with Crippen LogP contribution in [0.15, 0.2) is 24.3 Å². The summed E-state index contributed by atoms with van der Waals surface area (Å²) in [5, 5.41) is 13.3. The van der Waals surface area contributed by atoms with E-state index in [1.807, 2.05) is 11.0 Å². The van der Waals surface area contributed by atoms with Gasteiger partial charge in [0.2, 0.25) is 11.8 Å². The molecule has 5 rings (SSSR count). The number of halogens is 1. The Morgan fingerprint density at radius 2 is 1.77 bits per heavy atom. The molecule has 1 aliphatic heterocycles. The highest BCUT2D eigenvalue weighted by Gasteiger charge is 2.47. The van der Waals surface area contributed by atoms with Crippen LogP contribution in [0.2, 0.25) is 0 Å². The number of amides is 2. The Morgan fingerprint density at radius 3 is 2.44 bits per heavy atom. The lowest BCUT2D eigenvalue weighted by atomic mass is 9.76. The van der Waals surface area contributed by atoms with Crippen LogP contribution in [-0.2, 0) is 16.6 Å². The number of aromatic nitrogens is 1. The fourth-order valence-electron chi connectivity index (χ4n) is 7.46. The normalized spacial score (nSPS) is 27.0. The molecule has 1 aromatic carbocycles. The zero-order chi connectivity index (χ0) is 27.7. The first-order chi connectivity index (χ1) is 18.8. The lowest BCUT2D eigenvalue weighted by molar-refractivity contribution is -0.142. The molecule has 4 N–H and O–H groups in total. The third-order valence-electron chi connectivity index (χ3n) is 9.69. The second kappa shape index (κ2) is 11.7. The summed E-state index contributed by atoms with van der Waals surface area (Å²) in [6.45, 7) is 0.0504. The number of hydrogen-bond acceptors (Lipinski definition) is 4. The number of rotatable bonds is 7.